The van der Waals surface area contributed by atoms with Gasteiger partial charge in [0.15, 0.2) is 0 Å². The molecule has 0 amide bonds. The third kappa shape index (κ3) is 3.53. The van der Waals surface area contributed by atoms with Crippen LogP contribution in [-0.4, -0.2) is 31.2 Å². The van der Waals surface area contributed by atoms with Crippen molar-refractivity contribution in [2.75, 3.05) is 26.3 Å². The molecular formula is C13H23NO. The van der Waals surface area contributed by atoms with E-state index in [1.807, 2.05) is 0 Å². The van der Waals surface area contributed by atoms with Crippen LogP contribution in [0.3, 0.4) is 0 Å². The van der Waals surface area contributed by atoms with Crippen LogP contribution >= 0.6 is 0 Å². The highest BCUT2D eigenvalue weighted by molar-refractivity contribution is 5.02. The quantitative estimate of drug-likeness (QED) is 0.658. The zero-order valence-corrected chi connectivity index (χ0v) is 9.71. The van der Waals surface area contributed by atoms with Crippen molar-refractivity contribution in [3.8, 4) is 0 Å². The van der Waals surface area contributed by atoms with E-state index >= 15 is 0 Å². The molecule has 0 saturated carbocycles. The second-order valence-corrected chi connectivity index (χ2v) is 4.60. The van der Waals surface area contributed by atoms with Gasteiger partial charge in [0.2, 0.25) is 0 Å². The van der Waals surface area contributed by atoms with Crippen molar-refractivity contribution in [2.45, 2.75) is 44.9 Å². The number of hydrogen-bond acceptors (Lipinski definition) is 2. The Kier molecular flexibility index (Phi) is 4.52. The largest absolute Gasteiger partial charge is 0.378 e. The summed E-state index contributed by atoms with van der Waals surface area (Å²) in [6.45, 7) is 4.03. The van der Waals surface area contributed by atoms with Crippen molar-refractivity contribution in [1.82, 2.24) is 4.90 Å². The maximum Gasteiger partial charge on any atom is 0.0642 e. The van der Waals surface area contributed by atoms with Crippen LogP contribution in [0, 0.1) is 0 Å². The lowest BCUT2D eigenvalue weighted by Crippen LogP contribution is -2.35. The van der Waals surface area contributed by atoms with Gasteiger partial charge in [0.25, 0.3) is 0 Å². The number of morpholine rings is 1. The molecule has 0 aromatic rings. The van der Waals surface area contributed by atoms with E-state index < -0.39 is 0 Å². The van der Waals surface area contributed by atoms with E-state index in [1.54, 1.807) is 5.70 Å². The molecule has 0 bridgehead atoms. The smallest absolute Gasteiger partial charge is 0.0642 e. The minimum Gasteiger partial charge on any atom is -0.378 e. The Hall–Kier alpha value is -0.500. The fourth-order valence-corrected chi connectivity index (χ4v) is 2.49. The SMILES string of the molecule is C1=C(N2CCOCC2)CCCCCCC1. The van der Waals surface area contributed by atoms with E-state index in [-0.39, 0.29) is 0 Å². The highest BCUT2D eigenvalue weighted by Crippen LogP contribution is 2.20. The van der Waals surface area contributed by atoms with Crippen LogP contribution < -0.4 is 0 Å². The van der Waals surface area contributed by atoms with Gasteiger partial charge in [-0.25, -0.2) is 0 Å². The van der Waals surface area contributed by atoms with Gasteiger partial charge in [-0.2, -0.15) is 0 Å². The number of rotatable bonds is 1. The minimum atomic E-state index is 0.914. The molecule has 0 radical (unpaired) electrons. The van der Waals surface area contributed by atoms with E-state index in [4.69, 9.17) is 4.74 Å². The zero-order valence-electron chi connectivity index (χ0n) is 9.71. The number of allylic oxidation sites excluding steroid dienone is 2. The lowest BCUT2D eigenvalue weighted by Gasteiger charge is -2.31. The lowest BCUT2D eigenvalue weighted by molar-refractivity contribution is 0.0518. The Bertz CT molecular complexity index is 207. The second kappa shape index (κ2) is 6.16. The Morgan fingerprint density at radius 2 is 1.67 bits per heavy atom. The number of hydrogen-bond donors (Lipinski definition) is 0. The Morgan fingerprint density at radius 3 is 2.53 bits per heavy atom. The molecule has 86 valence electrons. The molecule has 2 rings (SSSR count). The van der Waals surface area contributed by atoms with Gasteiger partial charge in [0.1, 0.15) is 0 Å². The molecular weight excluding hydrogens is 186 g/mol. The molecule has 0 unspecified atom stereocenters. The van der Waals surface area contributed by atoms with Crippen LogP contribution in [0.1, 0.15) is 44.9 Å². The lowest BCUT2D eigenvalue weighted by atomic mass is 10.1. The predicted octanol–water partition coefficient (Wildman–Crippen LogP) is 2.95. The molecule has 0 aromatic carbocycles. The molecule has 0 spiro atoms. The molecule has 0 aromatic heterocycles. The van der Waals surface area contributed by atoms with Crippen LogP contribution in [0.2, 0.25) is 0 Å². The van der Waals surface area contributed by atoms with Crippen molar-refractivity contribution >= 4 is 0 Å². The van der Waals surface area contributed by atoms with Gasteiger partial charge in [-0.05, 0) is 25.7 Å². The van der Waals surface area contributed by atoms with Crippen molar-refractivity contribution < 1.29 is 4.74 Å². The number of ether oxygens (including phenoxy) is 1. The Balaban J connectivity index is 1.90. The summed E-state index contributed by atoms with van der Waals surface area (Å²) in [7, 11) is 0. The summed E-state index contributed by atoms with van der Waals surface area (Å²) in [6, 6.07) is 0. The van der Waals surface area contributed by atoms with Gasteiger partial charge < -0.3 is 9.64 Å². The topological polar surface area (TPSA) is 12.5 Å². The molecule has 2 aliphatic rings. The van der Waals surface area contributed by atoms with Crippen molar-refractivity contribution in [2.24, 2.45) is 0 Å². The van der Waals surface area contributed by atoms with Gasteiger partial charge in [0.05, 0.1) is 13.2 Å². The first-order valence-electron chi connectivity index (χ1n) is 6.48. The summed E-state index contributed by atoms with van der Waals surface area (Å²) < 4.78 is 5.40. The first-order valence-corrected chi connectivity index (χ1v) is 6.48. The molecule has 1 fully saturated rings. The van der Waals surface area contributed by atoms with E-state index in [9.17, 15) is 0 Å². The van der Waals surface area contributed by atoms with Crippen LogP contribution in [0.4, 0.5) is 0 Å². The maximum atomic E-state index is 5.40. The molecule has 2 heteroatoms. The fraction of sp³-hybridized carbons (Fsp3) is 0.846. The molecule has 1 aliphatic heterocycles. The molecule has 0 N–H and O–H groups in total. The fourth-order valence-electron chi connectivity index (χ4n) is 2.49. The Labute approximate surface area is 93.3 Å². The number of nitrogens with zero attached hydrogens (tertiary/aromatic N) is 1. The van der Waals surface area contributed by atoms with Gasteiger partial charge >= 0.3 is 0 Å². The molecule has 0 atom stereocenters. The molecule has 1 heterocycles. The third-order valence-electron chi connectivity index (χ3n) is 3.43. The highest BCUT2D eigenvalue weighted by Gasteiger charge is 2.13. The van der Waals surface area contributed by atoms with E-state index in [2.05, 4.69) is 11.0 Å². The van der Waals surface area contributed by atoms with Gasteiger partial charge in [-0.1, -0.05) is 25.3 Å². The summed E-state index contributed by atoms with van der Waals surface area (Å²) in [4.78, 5) is 2.54. The first kappa shape index (κ1) is 11.0. The average molecular weight is 209 g/mol. The molecule has 1 saturated heterocycles. The molecule has 1 aliphatic carbocycles. The van der Waals surface area contributed by atoms with E-state index in [0.29, 0.717) is 0 Å². The highest BCUT2D eigenvalue weighted by atomic mass is 16.5. The standard InChI is InChI=1S/C13H23NO/c1-2-4-6-8-13(7-5-3-1)14-9-11-15-12-10-14/h7H,1-6,8-12H2. The van der Waals surface area contributed by atoms with Crippen molar-refractivity contribution in [1.29, 1.82) is 0 Å². The van der Waals surface area contributed by atoms with Crippen LogP contribution in [0.25, 0.3) is 0 Å². The van der Waals surface area contributed by atoms with Gasteiger partial charge in [-0.15, -0.1) is 0 Å². The summed E-state index contributed by atoms with van der Waals surface area (Å²) >= 11 is 0. The summed E-state index contributed by atoms with van der Waals surface area (Å²) in [5, 5.41) is 0. The third-order valence-corrected chi connectivity index (χ3v) is 3.43. The predicted molar refractivity (Wildman–Crippen MR) is 62.8 cm³/mol. The summed E-state index contributed by atoms with van der Waals surface area (Å²) in [6.07, 6.45) is 12.1. The maximum absolute atomic E-state index is 5.40. The summed E-state index contributed by atoms with van der Waals surface area (Å²) in [5.74, 6) is 0. The van der Waals surface area contributed by atoms with Crippen molar-refractivity contribution in [3.05, 3.63) is 11.8 Å². The Morgan fingerprint density at radius 1 is 0.933 bits per heavy atom. The van der Waals surface area contributed by atoms with Gasteiger partial charge in [0, 0.05) is 18.8 Å². The second-order valence-electron chi connectivity index (χ2n) is 4.60. The molecule has 15 heavy (non-hydrogen) atoms. The monoisotopic (exact) mass is 209 g/mol. The van der Waals surface area contributed by atoms with Crippen LogP contribution in [0.15, 0.2) is 11.8 Å². The van der Waals surface area contributed by atoms with Crippen molar-refractivity contribution in [3.63, 3.8) is 0 Å². The minimum absolute atomic E-state index is 0.914. The normalized spacial score (nSPS) is 25.1. The first-order chi connectivity index (χ1) is 7.47. The van der Waals surface area contributed by atoms with E-state index in [0.717, 1.165) is 26.3 Å². The zero-order chi connectivity index (χ0) is 10.3. The summed E-state index contributed by atoms with van der Waals surface area (Å²) in [5.41, 5.74) is 1.60. The van der Waals surface area contributed by atoms with E-state index in [1.165, 1.54) is 44.9 Å². The average Bonchev–Trinajstić information content (AvgIpc) is 2.43. The molecule has 2 nitrogen and oxygen atoms in total. The van der Waals surface area contributed by atoms with Gasteiger partial charge in [-0.3, -0.25) is 0 Å². The van der Waals surface area contributed by atoms with Crippen LogP contribution in [-0.2, 0) is 4.74 Å². The van der Waals surface area contributed by atoms with Crippen LogP contribution in [0.5, 0.6) is 0 Å².